The van der Waals surface area contributed by atoms with E-state index in [4.69, 9.17) is 0 Å². The molecule has 0 radical (unpaired) electrons. The summed E-state index contributed by atoms with van der Waals surface area (Å²) in [6.07, 6.45) is 7.79. The van der Waals surface area contributed by atoms with Gasteiger partial charge in [0, 0.05) is 13.1 Å². The molecule has 0 aliphatic carbocycles. The molecule has 0 aliphatic heterocycles. The summed E-state index contributed by atoms with van der Waals surface area (Å²) in [7, 11) is 0. The first-order valence-electron chi connectivity index (χ1n) is 24.5. The molecule has 0 saturated heterocycles. The molecule has 0 unspecified atom stereocenters. The molecule has 0 fully saturated rings. The van der Waals surface area contributed by atoms with Gasteiger partial charge in [-0.05, 0) is 47.0 Å². The summed E-state index contributed by atoms with van der Waals surface area (Å²) in [6, 6.07) is 0. The third-order valence-corrected chi connectivity index (χ3v) is 10.2. The van der Waals surface area contributed by atoms with Crippen molar-refractivity contribution in [3.63, 3.8) is 0 Å². The zero-order valence-corrected chi connectivity index (χ0v) is 46.5. The van der Waals surface area contributed by atoms with Gasteiger partial charge in [-0.25, -0.2) is 112 Å². The molecule has 78 heavy (non-hydrogen) atoms. The molecule has 0 aliphatic rings. The summed E-state index contributed by atoms with van der Waals surface area (Å²) < 4.78 is 12.1. The molecule has 4 heterocycles. The summed E-state index contributed by atoms with van der Waals surface area (Å²) in [5.41, 5.74) is -4.22. The summed E-state index contributed by atoms with van der Waals surface area (Å²) in [6.45, 7) is 51.5. The van der Waals surface area contributed by atoms with E-state index in [1.165, 1.54) is 30.4 Å². The molecule has 24 heteroatoms. The molecule has 0 bridgehead atoms. The zero-order valence-electron chi connectivity index (χ0n) is 46.5. The zero-order chi connectivity index (χ0) is 60.0. The molecule has 0 N–H and O–H groups in total. The van der Waals surface area contributed by atoms with Crippen molar-refractivity contribution in [2.45, 2.75) is 140 Å². The number of allylic oxidation sites excluding steroid dienone is 10. The van der Waals surface area contributed by atoms with Crippen molar-refractivity contribution in [1.82, 2.24) is 54.8 Å². The Labute approximate surface area is 449 Å². The minimum Gasteiger partial charge on any atom is -0.247 e. The van der Waals surface area contributed by atoms with Crippen LogP contribution in [0.25, 0.3) is 0 Å². The molecule has 0 saturated carbocycles. The second kappa shape index (κ2) is 31.2. The topological polar surface area (TPSA) is 264 Å². The number of hydrogen-bond acceptors (Lipinski definition) is 12. The number of hydrogen-bond donors (Lipinski definition) is 0. The third-order valence-electron chi connectivity index (χ3n) is 10.2. The monoisotopic (exact) mass is 1080 g/mol. The van der Waals surface area contributed by atoms with Gasteiger partial charge in [-0.2, -0.15) is 0 Å². The van der Waals surface area contributed by atoms with Crippen molar-refractivity contribution in [3.05, 3.63) is 250 Å². The van der Waals surface area contributed by atoms with E-state index < -0.39 is 68.3 Å². The van der Waals surface area contributed by atoms with Gasteiger partial charge in [0.1, 0.15) is 0 Å². The van der Waals surface area contributed by atoms with Gasteiger partial charge in [0.05, 0.1) is 65.4 Å². The van der Waals surface area contributed by atoms with Gasteiger partial charge in [0.2, 0.25) is 0 Å². The van der Waals surface area contributed by atoms with E-state index in [9.17, 15) is 57.5 Å². The maximum Gasteiger partial charge on any atom is 0.336 e. The first-order valence-corrected chi connectivity index (χ1v) is 24.5. The van der Waals surface area contributed by atoms with Crippen molar-refractivity contribution in [2.75, 3.05) is 0 Å². The maximum absolute atomic E-state index is 12.4. The first kappa shape index (κ1) is 67.1. The lowest BCUT2D eigenvalue weighted by molar-refractivity contribution is 0.422. The van der Waals surface area contributed by atoms with E-state index >= 15 is 0 Å². The molecule has 0 aromatic carbocycles. The molecule has 4 rings (SSSR count). The van der Waals surface area contributed by atoms with Crippen LogP contribution in [0.3, 0.4) is 0 Å². The predicted molar refractivity (Wildman–Crippen MR) is 307 cm³/mol. The Bertz CT molecular complexity index is 3390. The van der Waals surface area contributed by atoms with Gasteiger partial charge in [-0.3, -0.25) is 0 Å². The number of aromatic nitrogens is 12. The van der Waals surface area contributed by atoms with E-state index in [0.717, 1.165) is 54.8 Å². The Morgan fingerprint density at radius 1 is 0.321 bits per heavy atom. The van der Waals surface area contributed by atoms with Crippen molar-refractivity contribution in [3.8, 4) is 0 Å². The van der Waals surface area contributed by atoms with E-state index in [-0.39, 0.29) is 84.5 Å². The quantitative estimate of drug-likeness (QED) is 0.0906. The van der Waals surface area contributed by atoms with Crippen LogP contribution in [-0.4, -0.2) is 54.8 Å². The van der Waals surface area contributed by atoms with Gasteiger partial charge in [0.15, 0.2) is 0 Å². The van der Waals surface area contributed by atoms with Crippen LogP contribution in [0.1, 0.15) is 61.8 Å². The highest BCUT2D eigenvalue weighted by Crippen LogP contribution is 1.97. The average Bonchev–Trinajstić information content (AvgIpc) is 3.35. The van der Waals surface area contributed by atoms with E-state index in [1.54, 1.807) is 34.6 Å². The van der Waals surface area contributed by atoms with Crippen molar-refractivity contribution >= 4 is 0 Å². The van der Waals surface area contributed by atoms with Crippen LogP contribution in [0.2, 0.25) is 0 Å². The molecular weight excluding hydrogens is 1010 g/mol. The molecule has 4 aromatic heterocycles. The molecule has 4 aromatic rings. The van der Waals surface area contributed by atoms with Crippen molar-refractivity contribution < 1.29 is 0 Å². The average molecular weight is 1090 g/mol. The molecular formula is C54H76N12O12. The maximum atomic E-state index is 12.4. The first-order chi connectivity index (χ1) is 36.4. The fourth-order valence-corrected chi connectivity index (χ4v) is 7.12. The summed E-state index contributed by atoms with van der Waals surface area (Å²) in [5, 5.41) is 0. The highest BCUT2D eigenvalue weighted by Gasteiger charge is 2.19. The lowest BCUT2D eigenvalue weighted by Crippen LogP contribution is -2.55. The van der Waals surface area contributed by atoms with Crippen molar-refractivity contribution in [2.24, 2.45) is 5.92 Å². The van der Waals surface area contributed by atoms with Crippen LogP contribution >= 0.6 is 0 Å². The molecule has 24 nitrogen and oxygen atoms in total. The van der Waals surface area contributed by atoms with E-state index in [2.05, 4.69) is 65.8 Å². The van der Waals surface area contributed by atoms with Crippen LogP contribution in [-0.2, 0) is 78.5 Å². The normalized spacial score (nSPS) is 10.4. The summed E-state index contributed by atoms with van der Waals surface area (Å²) >= 11 is 0. The Kier molecular flexibility index (Phi) is 26.8. The largest absolute Gasteiger partial charge is 0.336 e. The highest BCUT2D eigenvalue weighted by atomic mass is 16.2. The van der Waals surface area contributed by atoms with Gasteiger partial charge in [-0.1, -0.05) is 112 Å². The highest BCUT2D eigenvalue weighted by molar-refractivity contribution is 4.98. The molecule has 0 spiro atoms. The predicted octanol–water partition coefficient (Wildman–Crippen LogP) is 1.56. The Morgan fingerprint density at radius 3 is 0.641 bits per heavy atom. The number of nitrogens with zero attached hydrogens (tertiary/aromatic N) is 12. The Hall–Kier alpha value is -8.96. The fraction of sp³-hybridized carbons (Fsp3) is 0.407. The van der Waals surface area contributed by atoms with Crippen LogP contribution < -0.4 is 68.3 Å². The van der Waals surface area contributed by atoms with Gasteiger partial charge in [0.25, 0.3) is 0 Å². The van der Waals surface area contributed by atoms with Gasteiger partial charge < -0.3 is 0 Å². The van der Waals surface area contributed by atoms with E-state index in [0.29, 0.717) is 34.3 Å². The van der Waals surface area contributed by atoms with Gasteiger partial charge in [-0.15, -0.1) is 32.9 Å². The molecule has 0 atom stereocenters. The Morgan fingerprint density at radius 2 is 0.487 bits per heavy atom. The standard InChI is InChI=1S/C15H23N3O3.C15H21N3O3.C12H17N3O3.C12H15N3O3/c2*1-10(2)7-16-13(19)17(8-11(3)4)15(21)18(14(16)20)9-12(5)6;2*1-4-7-13-10(16)14(8-5-2)12(18)15(9-6-3)11(13)17/h12H,1,3,7-9H2,2,4-6H3;1,3,5,7-9H2,2,4,6H3;4-5H,1-2,6-9H2,3H3;4-6H,1-3,7-9H2. The minimum absolute atomic E-state index is 0.0478. The van der Waals surface area contributed by atoms with Crippen LogP contribution in [0, 0.1) is 5.92 Å². The minimum atomic E-state index is -0.662. The third kappa shape index (κ3) is 17.6. The number of rotatable bonds is 24. The van der Waals surface area contributed by atoms with Crippen LogP contribution in [0.5, 0.6) is 0 Å². The Balaban J connectivity index is 0.000000521. The lowest BCUT2D eigenvalue weighted by atomic mass is 10.2. The summed E-state index contributed by atoms with van der Waals surface area (Å²) in [5.74, 6) is 0.115. The lowest BCUT2D eigenvalue weighted by Gasteiger charge is -2.15. The van der Waals surface area contributed by atoms with Crippen LogP contribution in [0.15, 0.2) is 182 Å². The second-order valence-electron chi connectivity index (χ2n) is 18.8. The smallest absolute Gasteiger partial charge is 0.247 e. The second-order valence-corrected chi connectivity index (χ2v) is 18.8. The van der Waals surface area contributed by atoms with Crippen molar-refractivity contribution in [1.29, 1.82) is 0 Å². The molecule has 424 valence electrons. The van der Waals surface area contributed by atoms with E-state index in [1.807, 2.05) is 20.8 Å². The fourth-order valence-electron chi connectivity index (χ4n) is 7.12. The summed E-state index contributed by atoms with van der Waals surface area (Å²) in [4.78, 5) is 146. The SMILES string of the molecule is C=C(C)Cn1c(=O)n(CC(=C)C)c(=O)n(CC(=C)C)c1=O.C=C(C)Cn1c(=O)n(CC(=C)C)c(=O)n(CC(C)C)c1=O.C=CCn1c(=O)n(CC=C)c(=O)n(CC=C)c1=O.C=CCn1c(=O)n(CC=C)c(=O)n(CCC)c1=O. The molecule has 0 amide bonds. The van der Waals surface area contributed by atoms with Crippen LogP contribution in [0.4, 0.5) is 0 Å². The van der Waals surface area contributed by atoms with Gasteiger partial charge >= 0.3 is 68.3 Å².